The Bertz CT molecular complexity index is 396. The molecule has 6 heteroatoms. The van der Waals surface area contributed by atoms with Crippen molar-refractivity contribution in [1.82, 2.24) is 9.21 Å². The van der Waals surface area contributed by atoms with Gasteiger partial charge in [-0.3, -0.25) is 4.79 Å². The van der Waals surface area contributed by atoms with E-state index < -0.39 is 10.0 Å². The molecule has 1 saturated heterocycles. The van der Waals surface area contributed by atoms with Crippen LogP contribution in [0, 0.1) is 0 Å². The van der Waals surface area contributed by atoms with Gasteiger partial charge in [-0.1, -0.05) is 12.8 Å². The zero-order valence-electron chi connectivity index (χ0n) is 11.0. The highest BCUT2D eigenvalue weighted by Crippen LogP contribution is 2.28. The lowest BCUT2D eigenvalue weighted by Gasteiger charge is -2.25. The summed E-state index contributed by atoms with van der Waals surface area (Å²) in [5.41, 5.74) is 0. The van der Waals surface area contributed by atoms with E-state index in [0.29, 0.717) is 0 Å². The molecule has 1 aliphatic carbocycles. The molecule has 0 aromatic rings. The normalized spacial score (nSPS) is 22.0. The smallest absolute Gasteiger partial charge is 0.237 e. The molecule has 0 aromatic carbocycles. The van der Waals surface area contributed by atoms with Crippen LogP contribution in [0.3, 0.4) is 0 Å². The number of likely N-dealkylation sites (tertiary alicyclic amines) is 1. The third-order valence-electron chi connectivity index (χ3n) is 3.63. The Balaban J connectivity index is 1.95. The minimum atomic E-state index is -3.26. The maximum atomic E-state index is 12.2. The molecule has 104 valence electrons. The lowest BCUT2D eigenvalue weighted by molar-refractivity contribution is -0.131. The summed E-state index contributed by atoms with van der Waals surface area (Å²) in [6.45, 7) is 1.59. The number of sulfonamides is 1. The molecule has 1 amide bonds. The Kier molecular flexibility index (Phi) is 4.27. The maximum absolute atomic E-state index is 12.2. The van der Waals surface area contributed by atoms with Crippen molar-refractivity contribution in [2.45, 2.75) is 44.6 Å². The Morgan fingerprint density at radius 2 is 1.72 bits per heavy atom. The number of rotatable bonds is 4. The van der Waals surface area contributed by atoms with Crippen molar-refractivity contribution in [3.05, 3.63) is 0 Å². The van der Waals surface area contributed by atoms with Gasteiger partial charge in [-0.05, 0) is 25.7 Å². The minimum absolute atomic E-state index is 0.0312. The van der Waals surface area contributed by atoms with E-state index in [0.717, 1.165) is 38.8 Å². The molecular formula is C12H22N2O3S. The zero-order chi connectivity index (χ0) is 13.2. The average molecular weight is 274 g/mol. The van der Waals surface area contributed by atoms with Gasteiger partial charge in [-0.25, -0.2) is 8.42 Å². The molecule has 0 N–H and O–H groups in total. The fourth-order valence-corrected chi connectivity index (χ4v) is 3.53. The lowest BCUT2D eigenvalue weighted by Crippen LogP contribution is -2.43. The van der Waals surface area contributed by atoms with Gasteiger partial charge >= 0.3 is 0 Å². The second kappa shape index (κ2) is 5.57. The van der Waals surface area contributed by atoms with Crippen LogP contribution < -0.4 is 0 Å². The summed E-state index contributed by atoms with van der Waals surface area (Å²) in [4.78, 5) is 14.0. The second-order valence-electron chi connectivity index (χ2n) is 5.33. The van der Waals surface area contributed by atoms with Crippen LogP contribution in [0.1, 0.15) is 38.5 Å². The molecule has 2 fully saturated rings. The quantitative estimate of drug-likeness (QED) is 0.762. The molecule has 0 spiro atoms. The van der Waals surface area contributed by atoms with E-state index in [9.17, 15) is 13.2 Å². The van der Waals surface area contributed by atoms with Gasteiger partial charge in [0, 0.05) is 19.1 Å². The lowest BCUT2D eigenvalue weighted by atomic mass is 10.2. The summed E-state index contributed by atoms with van der Waals surface area (Å²) in [6.07, 6.45) is 7.38. The molecule has 0 unspecified atom stereocenters. The van der Waals surface area contributed by atoms with Crippen molar-refractivity contribution in [3.8, 4) is 0 Å². The summed E-state index contributed by atoms with van der Waals surface area (Å²) in [7, 11) is -3.26. The van der Waals surface area contributed by atoms with Crippen LogP contribution in [0.25, 0.3) is 0 Å². The van der Waals surface area contributed by atoms with Gasteiger partial charge in [0.15, 0.2) is 0 Å². The van der Waals surface area contributed by atoms with E-state index >= 15 is 0 Å². The predicted octanol–water partition coefficient (Wildman–Crippen LogP) is 0.813. The van der Waals surface area contributed by atoms with Crippen LogP contribution in [-0.2, 0) is 14.8 Å². The van der Waals surface area contributed by atoms with Gasteiger partial charge in [0.05, 0.1) is 12.8 Å². The molecule has 18 heavy (non-hydrogen) atoms. The summed E-state index contributed by atoms with van der Waals surface area (Å²) >= 11 is 0. The molecule has 1 saturated carbocycles. The topological polar surface area (TPSA) is 57.7 Å². The number of carbonyl (C=O) groups is 1. The highest BCUT2D eigenvalue weighted by molar-refractivity contribution is 7.88. The van der Waals surface area contributed by atoms with Crippen LogP contribution in [0.4, 0.5) is 0 Å². The standard InChI is InChI=1S/C12H22N2O3S/c1-18(16,17)14(11-6-7-11)10-12(15)13-8-4-2-3-5-9-13/h11H,2-10H2,1H3. The molecular weight excluding hydrogens is 252 g/mol. The van der Waals surface area contributed by atoms with Gasteiger partial charge in [-0.15, -0.1) is 0 Å². The van der Waals surface area contributed by atoms with E-state index in [1.807, 2.05) is 4.90 Å². The Morgan fingerprint density at radius 1 is 1.17 bits per heavy atom. The first-order chi connectivity index (χ1) is 8.48. The van der Waals surface area contributed by atoms with E-state index in [1.165, 1.54) is 23.4 Å². The molecule has 2 aliphatic rings. The first-order valence-electron chi connectivity index (χ1n) is 6.73. The Morgan fingerprint density at radius 3 is 2.17 bits per heavy atom. The summed E-state index contributed by atoms with van der Waals surface area (Å²) in [5, 5.41) is 0. The largest absolute Gasteiger partial charge is 0.342 e. The van der Waals surface area contributed by atoms with E-state index in [-0.39, 0.29) is 18.5 Å². The van der Waals surface area contributed by atoms with Gasteiger partial charge < -0.3 is 4.90 Å². The van der Waals surface area contributed by atoms with Crippen molar-refractivity contribution in [2.24, 2.45) is 0 Å². The molecule has 1 aliphatic heterocycles. The number of nitrogens with zero attached hydrogens (tertiary/aromatic N) is 2. The molecule has 0 atom stereocenters. The van der Waals surface area contributed by atoms with Crippen LogP contribution in [-0.4, -0.2) is 55.5 Å². The first kappa shape index (κ1) is 13.8. The summed E-state index contributed by atoms with van der Waals surface area (Å²) < 4.78 is 24.7. The Hall–Kier alpha value is -0.620. The number of hydrogen-bond acceptors (Lipinski definition) is 3. The van der Waals surface area contributed by atoms with Crippen LogP contribution in [0.15, 0.2) is 0 Å². The van der Waals surface area contributed by atoms with Gasteiger partial charge in [0.2, 0.25) is 15.9 Å². The third-order valence-corrected chi connectivity index (χ3v) is 4.91. The minimum Gasteiger partial charge on any atom is -0.342 e. The SMILES string of the molecule is CS(=O)(=O)N(CC(=O)N1CCCCCC1)C1CC1. The molecule has 0 aromatic heterocycles. The van der Waals surface area contributed by atoms with Gasteiger partial charge in [0.1, 0.15) is 0 Å². The second-order valence-corrected chi connectivity index (χ2v) is 7.27. The van der Waals surface area contributed by atoms with Crippen molar-refractivity contribution >= 4 is 15.9 Å². The molecule has 1 heterocycles. The predicted molar refractivity (Wildman–Crippen MR) is 69.6 cm³/mol. The van der Waals surface area contributed by atoms with Crippen molar-refractivity contribution in [2.75, 3.05) is 25.9 Å². The van der Waals surface area contributed by atoms with Crippen molar-refractivity contribution < 1.29 is 13.2 Å². The molecule has 5 nitrogen and oxygen atoms in total. The van der Waals surface area contributed by atoms with Gasteiger partial charge in [0.25, 0.3) is 0 Å². The van der Waals surface area contributed by atoms with E-state index in [1.54, 1.807) is 0 Å². The molecule has 2 rings (SSSR count). The maximum Gasteiger partial charge on any atom is 0.237 e. The zero-order valence-corrected chi connectivity index (χ0v) is 11.8. The molecule has 0 radical (unpaired) electrons. The van der Waals surface area contributed by atoms with E-state index in [4.69, 9.17) is 0 Å². The highest BCUT2D eigenvalue weighted by atomic mass is 32.2. The van der Waals surface area contributed by atoms with Crippen LogP contribution in [0.2, 0.25) is 0 Å². The number of hydrogen-bond donors (Lipinski definition) is 0. The highest BCUT2D eigenvalue weighted by Gasteiger charge is 2.37. The number of amides is 1. The van der Waals surface area contributed by atoms with Crippen LogP contribution >= 0.6 is 0 Å². The number of carbonyl (C=O) groups excluding carboxylic acids is 1. The van der Waals surface area contributed by atoms with Crippen molar-refractivity contribution in [1.29, 1.82) is 0 Å². The third kappa shape index (κ3) is 3.68. The van der Waals surface area contributed by atoms with Crippen molar-refractivity contribution in [3.63, 3.8) is 0 Å². The summed E-state index contributed by atoms with van der Waals surface area (Å²) in [5.74, 6) is -0.0331. The first-order valence-corrected chi connectivity index (χ1v) is 8.58. The molecule has 0 bridgehead atoms. The van der Waals surface area contributed by atoms with Gasteiger partial charge in [-0.2, -0.15) is 4.31 Å². The monoisotopic (exact) mass is 274 g/mol. The van der Waals surface area contributed by atoms with E-state index in [2.05, 4.69) is 0 Å². The Labute approximate surface area is 109 Å². The fourth-order valence-electron chi connectivity index (χ4n) is 2.43. The average Bonchev–Trinajstić information content (AvgIpc) is 3.10. The fraction of sp³-hybridized carbons (Fsp3) is 0.917. The summed E-state index contributed by atoms with van der Waals surface area (Å²) in [6, 6.07) is 0.0657. The van der Waals surface area contributed by atoms with Crippen LogP contribution in [0.5, 0.6) is 0 Å².